The maximum atomic E-state index is 2.31. The number of rotatable bonds is 10. The van der Waals surface area contributed by atoms with E-state index in [-0.39, 0.29) is 7.92 Å². The number of hydrogen-bond acceptors (Lipinski definition) is 0. The number of hydrogen-bond donors (Lipinski definition) is 0. The minimum atomic E-state index is -0.178. The summed E-state index contributed by atoms with van der Waals surface area (Å²) in [7, 11) is -0.178. The Kier molecular flexibility index (Phi) is 8.28. The van der Waals surface area contributed by atoms with Gasteiger partial charge in [0.25, 0.3) is 0 Å². The summed E-state index contributed by atoms with van der Waals surface area (Å²) in [6.07, 6.45) is 11.1. The van der Waals surface area contributed by atoms with Gasteiger partial charge in [-0.05, 0) is 31.1 Å². The highest BCUT2D eigenvalue weighted by Crippen LogP contribution is 2.34. The topological polar surface area (TPSA) is 0 Å². The van der Waals surface area contributed by atoms with Crippen molar-refractivity contribution < 1.29 is 0 Å². The van der Waals surface area contributed by atoms with Gasteiger partial charge in [0.2, 0.25) is 0 Å². The fourth-order valence-corrected chi connectivity index (χ4v) is 5.27. The van der Waals surface area contributed by atoms with E-state index in [0.29, 0.717) is 0 Å². The predicted molar refractivity (Wildman–Crippen MR) is 102 cm³/mol. The summed E-state index contributed by atoms with van der Waals surface area (Å²) in [5.41, 5.74) is 0. The lowest BCUT2D eigenvalue weighted by Crippen LogP contribution is -2.13. The van der Waals surface area contributed by atoms with Crippen molar-refractivity contribution in [3.05, 3.63) is 60.7 Å². The molecule has 0 heterocycles. The molecule has 0 atom stereocenters. The molecule has 118 valence electrons. The molecular formula is C21H29P. The summed E-state index contributed by atoms with van der Waals surface area (Å²) in [6.45, 7) is 2.28. The third kappa shape index (κ3) is 5.93. The monoisotopic (exact) mass is 312 g/mol. The van der Waals surface area contributed by atoms with Crippen LogP contribution < -0.4 is 10.6 Å². The molecule has 22 heavy (non-hydrogen) atoms. The van der Waals surface area contributed by atoms with Crippen LogP contribution in [0.3, 0.4) is 0 Å². The molecule has 0 nitrogen and oxygen atoms in total. The Hall–Kier alpha value is -1.13. The lowest BCUT2D eigenvalue weighted by atomic mass is 10.1. The van der Waals surface area contributed by atoms with E-state index in [9.17, 15) is 0 Å². The Morgan fingerprint density at radius 1 is 0.591 bits per heavy atom. The molecule has 0 fully saturated rings. The average Bonchev–Trinajstić information content (AvgIpc) is 2.59. The van der Waals surface area contributed by atoms with Crippen LogP contribution in [0.4, 0.5) is 0 Å². The zero-order valence-corrected chi connectivity index (χ0v) is 14.8. The molecule has 0 amide bonds. The highest BCUT2D eigenvalue weighted by molar-refractivity contribution is 7.73. The van der Waals surface area contributed by atoms with Gasteiger partial charge in [0.05, 0.1) is 0 Å². The Balaban J connectivity index is 1.87. The SMILES string of the molecule is CCCCCCCCCP(c1ccccc1)c1ccccc1. The molecule has 0 aliphatic carbocycles. The second-order valence-electron chi connectivity index (χ2n) is 5.94. The van der Waals surface area contributed by atoms with Crippen LogP contribution in [0.1, 0.15) is 51.9 Å². The Morgan fingerprint density at radius 3 is 1.55 bits per heavy atom. The summed E-state index contributed by atoms with van der Waals surface area (Å²) < 4.78 is 0. The molecule has 0 aromatic heterocycles. The largest absolute Gasteiger partial charge is 0.0654 e. The zero-order valence-electron chi connectivity index (χ0n) is 13.9. The maximum Gasteiger partial charge on any atom is -0.0195 e. The van der Waals surface area contributed by atoms with Crippen LogP contribution in [-0.4, -0.2) is 6.16 Å². The van der Waals surface area contributed by atoms with E-state index >= 15 is 0 Å². The van der Waals surface area contributed by atoms with Crippen molar-refractivity contribution in [2.24, 2.45) is 0 Å². The fraction of sp³-hybridized carbons (Fsp3) is 0.429. The Morgan fingerprint density at radius 2 is 1.05 bits per heavy atom. The standard InChI is InChI=1S/C21H29P/c1-2-3-4-5-6-7-14-19-22(20-15-10-8-11-16-20)21-17-12-9-13-18-21/h8-13,15-18H,2-7,14,19H2,1H3. The van der Waals surface area contributed by atoms with Crippen molar-refractivity contribution in [1.29, 1.82) is 0 Å². The quantitative estimate of drug-likeness (QED) is 0.380. The third-order valence-corrected chi connectivity index (χ3v) is 6.73. The molecule has 2 aromatic rings. The predicted octanol–water partition coefficient (Wildman–Crippen LogP) is 5.87. The van der Waals surface area contributed by atoms with Crippen LogP contribution in [0.25, 0.3) is 0 Å². The summed E-state index contributed by atoms with van der Waals surface area (Å²) in [5.74, 6) is 0. The van der Waals surface area contributed by atoms with Gasteiger partial charge in [-0.15, -0.1) is 0 Å². The van der Waals surface area contributed by atoms with E-state index < -0.39 is 0 Å². The molecular weight excluding hydrogens is 283 g/mol. The molecule has 0 spiro atoms. The van der Waals surface area contributed by atoms with Crippen LogP contribution in [0.5, 0.6) is 0 Å². The van der Waals surface area contributed by atoms with Crippen LogP contribution in [0.2, 0.25) is 0 Å². The first-order valence-corrected chi connectivity index (χ1v) is 10.3. The van der Waals surface area contributed by atoms with Crippen molar-refractivity contribution in [2.45, 2.75) is 51.9 Å². The molecule has 2 rings (SSSR count). The van der Waals surface area contributed by atoms with E-state index in [1.54, 1.807) is 0 Å². The van der Waals surface area contributed by atoms with Gasteiger partial charge in [0.1, 0.15) is 0 Å². The molecule has 2 aromatic carbocycles. The summed E-state index contributed by atoms with van der Waals surface area (Å²) >= 11 is 0. The van der Waals surface area contributed by atoms with Gasteiger partial charge in [0.15, 0.2) is 0 Å². The maximum absolute atomic E-state index is 2.31. The number of unbranched alkanes of at least 4 members (excludes halogenated alkanes) is 6. The number of benzene rings is 2. The van der Waals surface area contributed by atoms with E-state index in [4.69, 9.17) is 0 Å². The minimum Gasteiger partial charge on any atom is -0.0654 e. The van der Waals surface area contributed by atoms with Crippen LogP contribution in [0.15, 0.2) is 60.7 Å². The van der Waals surface area contributed by atoms with Gasteiger partial charge in [-0.2, -0.15) is 0 Å². The summed E-state index contributed by atoms with van der Waals surface area (Å²) in [6, 6.07) is 22.2. The summed E-state index contributed by atoms with van der Waals surface area (Å²) in [5, 5.41) is 3.05. The first-order chi connectivity index (χ1) is 10.9. The van der Waals surface area contributed by atoms with Gasteiger partial charge >= 0.3 is 0 Å². The lowest BCUT2D eigenvalue weighted by molar-refractivity contribution is 0.603. The van der Waals surface area contributed by atoms with Crippen LogP contribution in [-0.2, 0) is 0 Å². The molecule has 0 aliphatic rings. The van der Waals surface area contributed by atoms with Crippen molar-refractivity contribution in [3.8, 4) is 0 Å². The van der Waals surface area contributed by atoms with Crippen molar-refractivity contribution in [2.75, 3.05) is 6.16 Å². The van der Waals surface area contributed by atoms with Gasteiger partial charge < -0.3 is 0 Å². The smallest absolute Gasteiger partial charge is 0.0195 e. The Labute approximate surface area is 137 Å². The second-order valence-corrected chi connectivity index (χ2v) is 8.28. The average molecular weight is 312 g/mol. The lowest BCUT2D eigenvalue weighted by Gasteiger charge is -2.18. The van der Waals surface area contributed by atoms with Crippen LogP contribution >= 0.6 is 7.92 Å². The van der Waals surface area contributed by atoms with Crippen molar-refractivity contribution in [3.63, 3.8) is 0 Å². The fourth-order valence-electron chi connectivity index (χ4n) is 2.85. The van der Waals surface area contributed by atoms with Crippen molar-refractivity contribution in [1.82, 2.24) is 0 Å². The molecule has 0 N–H and O–H groups in total. The third-order valence-electron chi connectivity index (χ3n) is 4.12. The highest BCUT2D eigenvalue weighted by atomic mass is 31.1. The van der Waals surface area contributed by atoms with E-state index in [1.807, 2.05) is 0 Å². The van der Waals surface area contributed by atoms with Crippen LogP contribution in [0, 0.1) is 0 Å². The normalized spacial score (nSPS) is 11.0. The van der Waals surface area contributed by atoms with Gasteiger partial charge in [-0.25, -0.2) is 0 Å². The van der Waals surface area contributed by atoms with Crippen molar-refractivity contribution >= 4 is 18.5 Å². The van der Waals surface area contributed by atoms with Gasteiger partial charge in [-0.1, -0.05) is 106 Å². The second kappa shape index (κ2) is 10.6. The molecule has 0 saturated heterocycles. The first-order valence-electron chi connectivity index (χ1n) is 8.79. The summed E-state index contributed by atoms with van der Waals surface area (Å²) in [4.78, 5) is 0. The molecule has 0 saturated carbocycles. The highest BCUT2D eigenvalue weighted by Gasteiger charge is 2.12. The molecule has 1 heteroatoms. The molecule has 0 unspecified atom stereocenters. The van der Waals surface area contributed by atoms with E-state index in [1.165, 1.54) is 61.7 Å². The van der Waals surface area contributed by atoms with Gasteiger partial charge in [0, 0.05) is 0 Å². The molecule has 0 bridgehead atoms. The molecule has 0 aliphatic heterocycles. The van der Waals surface area contributed by atoms with Gasteiger partial charge in [-0.3, -0.25) is 0 Å². The first kappa shape index (κ1) is 17.2. The Bertz CT molecular complexity index is 452. The van der Waals surface area contributed by atoms with E-state index in [2.05, 4.69) is 67.6 Å². The van der Waals surface area contributed by atoms with E-state index in [0.717, 1.165) is 0 Å². The molecule has 0 radical (unpaired) electrons. The zero-order chi connectivity index (χ0) is 15.5. The minimum absolute atomic E-state index is 0.178.